The molecule has 7 aliphatic rings. The van der Waals surface area contributed by atoms with E-state index in [4.69, 9.17) is 8.83 Å². The van der Waals surface area contributed by atoms with Crippen molar-refractivity contribution in [2.75, 3.05) is 26.2 Å². The van der Waals surface area contributed by atoms with Crippen molar-refractivity contribution in [2.45, 2.75) is 196 Å². The number of imidazole rings is 1. The van der Waals surface area contributed by atoms with Crippen molar-refractivity contribution in [1.29, 1.82) is 0 Å². The summed E-state index contributed by atoms with van der Waals surface area (Å²) in [7, 11) is 0. The van der Waals surface area contributed by atoms with E-state index in [1.54, 1.807) is 24.9 Å². The van der Waals surface area contributed by atoms with E-state index in [9.17, 15) is 0 Å². The number of aromatic nitrogens is 4. The van der Waals surface area contributed by atoms with E-state index in [0.29, 0.717) is 65.3 Å². The first kappa shape index (κ1) is 78.9. The van der Waals surface area contributed by atoms with Gasteiger partial charge in [-0.25, -0.2) is 4.98 Å². The van der Waals surface area contributed by atoms with Crippen molar-refractivity contribution in [1.82, 2.24) is 19.3 Å². The van der Waals surface area contributed by atoms with E-state index >= 15 is 0 Å². The first-order chi connectivity index (χ1) is 41.8. The van der Waals surface area contributed by atoms with E-state index < -0.39 is 0 Å². The Kier molecular flexibility index (Phi) is 42.2. The van der Waals surface area contributed by atoms with Gasteiger partial charge in [0.15, 0.2) is 0 Å². The van der Waals surface area contributed by atoms with Crippen LogP contribution in [0.25, 0.3) is 0 Å². The summed E-state index contributed by atoms with van der Waals surface area (Å²) in [5, 5.41) is 4.03. The molecule has 1 aliphatic carbocycles. The number of hydrogen-bond acceptors (Lipinski definition) is 10. The molecule has 0 fully saturated rings. The predicted molar refractivity (Wildman–Crippen MR) is 385 cm³/mol. The minimum atomic E-state index is 0.491. The molecule has 0 aromatic carbocycles. The maximum absolute atomic E-state index is 5.09. The van der Waals surface area contributed by atoms with Crippen molar-refractivity contribution in [3.8, 4) is 0 Å². The smallest absolute Gasteiger partial charge is 0.106 e. The number of hydrogen-bond donors (Lipinski definition) is 0. The lowest BCUT2D eigenvalue weighted by Gasteiger charge is -2.02. The van der Waals surface area contributed by atoms with Crippen LogP contribution >= 0.6 is 0 Å². The second-order valence-corrected chi connectivity index (χ2v) is 25.1. The van der Waals surface area contributed by atoms with Crippen LogP contribution in [0.5, 0.6) is 0 Å². The summed E-state index contributed by atoms with van der Waals surface area (Å²) in [6.45, 7) is 51.0. The predicted octanol–water partition coefficient (Wildman–Crippen LogP) is 20.9. The molecule has 11 rings (SSSR count). The fraction of sp³-hybridized carbons (Fsp3) is 0.526. The molecule has 484 valence electrons. The van der Waals surface area contributed by atoms with Crippen LogP contribution in [0.2, 0.25) is 0 Å². The van der Waals surface area contributed by atoms with Crippen LogP contribution in [-0.4, -0.2) is 81.3 Å². The Morgan fingerprint density at radius 2 is 1.00 bits per heavy atom. The molecule has 0 N–H and O–H groups in total. The first-order valence-electron chi connectivity index (χ1n) is 32.5. The lowest BCUT2D eigenvalue weighted by Crippen LogP contribution is -2.02. The maximum atomic E-state index is 5.09. The summed E-state index contributed by atoms with van der Waals surface area (Å²) in [4.78, 5) is 28.7. The van der Waals surface area contributed by atoms with E-state index in [1.807, 2.05) is 84.8 Å². The standard InChI is InChI=1S/C8H12.6C7H11N.2C7H10O.2C6H10N2/c1-7(2)8-5-3-4-6-8;3*1-6(2)7-3-4-8-5-7;5*1-6(2)7-4-3-5-8-7;1-6(2)8-4-3-7-5-8;1-6(2)8-5-3-4-7-8/h3,5-7H,4H2,1-2H3;4-6H,3H2,1-2H3;3*3,5-6H,4H2,1-2H3;2*3-4,6H,5H2,1-2H3;4*3-6H,1-2H3. The molecule has 0 unspecified atom stereocenters. The fourth-order valence-corrected chi connectivity index (χ4v) is 7.83. The third-order valence-electron chi connectivity index (χ3n) is 13.8. The van der Waals surface area contributed by atoms with Crippen LogP contribution in [0.3, 0.4) is 0 Å². The molecule has 0 amide bonds. The van der Waals surface area contributed by atoms with Gasteiger partial charge in [0.2, 0.25) is 0 Å². The molecule has 0 saturated carbocycles. The first-order valence-corrected chi connectivity index (χ1v) is 32.5. The zero-order chi connectivity index (χ0) is 65.8. The Hall–Kier alpha value is -7.08. The van der Waals surface area contributed by atoms with E-state index in [0.717, 1.165) is 57.0 Å². The SMILES string of the molecule is CC(C)C1=CCC=C1.CC(C)C1=CCN=C1.CC(C)C1=CCN=C1.CC(C)C1=CN=CC1.CC(C)C1=NC=CC1.CC(C)C1=NCC=C1.CC(C)C1=NCC=C1.CC(C)c1ccco1.CC(C)c1ccco1.CC(C)n1cccn1.CC(C)n1ccnc1. The van der Waals surface area contributed by atoms with Crippen LogP contribution in [0.15, 0.2) is 208 Å². The molecule has 0 spiro atoms. The molecule has 6 aliphatic heterocycles. The Labute approximate surface area is 535 Å². The van der Waals surface area contributed by atoms with Crippen LogP contribution in [-0.2, 0) is 0 Å². The van der Waals surface area contributed by atoms with Crippen molar-refractivity contribution in [2.24, 2.45) is 71.4 Å². The quantitative estimate of drug-likeness (QED) is 0.148. The Morgan fingerprint density at radius 3 is 1.18 bits per heavy atom. The summed E-state index contributed by atoms with van der Waals surface area (Å²) in [5.41, 5.74) is 9.49. The van der Waals surface area contributed by atoms with Crippen molar-refractivity contribution < 1.29 is 8.83 Å². The monoisotopic (exact) mass is 1200 g/mol. The highest BCUT2D eigenvalue weighted by Crippen LogP contribution is 2.18. The molecule has 0 radical (unpaired) electrons. The highest BCUT2D eigenvalue weighted by atomic mass is 16.3. The topological polar surface area (TPSA) is 136 Å². The van der Waals surface area contributed by atoms with Gasteiger partial charge in [-0.05, 0) is 140 Å². The Bertz CT molecular complexity index is 2450. The summed E-state index contributed by atoms with van der Waals surface area (Å²) < 4.78 is 14.2. The molecule has 0 atom stereocenters. The van der Waals surface area contributed by atoms with Gasteiger partial charge in [0, 0.05) is 110 Å². The minimum absolute atomic E-state index is 0.491. The van der Waals surface area contributed by atoms with Gasteiger partial charge in [0.05, 0.1) is 45.0 Å². The maximum Gasteiger partial charge on any atom is 0.106 e. The number of allylic oxidation sites excluding steroid dienone is 10. The number of rotatable bonds is 11. The molecule has 10 heterocycles. The van der Waals surface area contributed by atoms with Gasteiger partial charge in [0.1, 0.15) is 11.5 Å². The molecule has 4 aromatic heterocycles. The van der Waals surface area contributed by atoms with Gasteiger partial charge in [-0.2, -0.15) is 5.10 Å². The normalized spacial score (nSPS) is 15.0. The molecule has 4 aromatic rings. The lowest BCUT2D eigenvalue weighted by molar-refractivity contribution is 0.487. The number of aliphatic imine (C=N–C) groups is 6. The van der Waals surface area contributed by atoms with Crippen LogP contribution in [0, 0.1) is 41.4 Å². The molecular formula is C76H118N10O2. The minimum Gasteiger partial charge on any atom is -0.469 e. The van der Waals surface area contributed by atoms with E-state index in [1.165, 1.54) is 39.4 Å². The van der Waals surface area contributed by atoms with Gasteiger partial charge in [-0.3, -0.25) is 34.6 Å². The van der Waals surface area contributed by atoms with Crippen LogP contribution < -0.4 is 0 Å². The average Bonchev–Trinajstić information content (AvgIpc) is 4.34. The van der Waals surface area contributed by atoms with E-state index in [2.05, 4.69) is 258 Å². The van der Waals surface area contributed by atoms with Crippen molar-refractivity contribution in [3.05, 3.63) is 181 Å². The number of nitrogens with zero attached hydrogens (tertiary/aromatic N) is 10. The zero-order valence-electron chi connectivity index (χ0n) is 58.7. The third-order valence-corrected chi connectivity index (χ3v) is 13.8. The van der Waals surface area contributed by atoms with Crippen LogP contribution in [0.1, 0.15) is 207 Å². The second kappa shape index (κ2) is 47.0. The fourth-order valence-electron chi connectivity index (χ4n) is 7.83. The molecule has 12 heteroatoms. The average molecular weight is 1200 g/mol. The summed E-state index contributed by atoms with van der Waals surface area (Å²) in [5.74, 6) is 7.70. The van der Waals surface area contributed by atoms with Crippen LogP contribution in [0.4, 0.5) is 0 Å². The highest BCUT2D eigenvalue weighted by molar-refractivity contribution is 5.98. The Morgan fingerprint density at radius 1 is 0.466 bits per heavy atom. The van der Waals surface area contributed by atoms with Gasteiger partial charge in [0.25, 0.3) is 0 Å². The summed E-state index contributed by atoms with van der Waals surface area (Å²) in [6.07, 6.45) is 47.3. The van der Waals surface area contributed by atoms with Crippen molar-refractivity contribution in [3.63, 3.8) is 0 Å². The molecule has 88 heavy (non-hydrogen) atoms. The molecule has 12 nitrogen and oxygen atoms in total. The zero-order valence-corrected chi connectivity index (χ0v) is 58.7. The molecule has 0 bridgehead atoms. The van der Waals surface area contributed by atoms with E-state index in [-0.39, 0.29) is 0 Å². The third kappa shape index (κ3) is 36.9. The van der Waals surface area contributed by atoms with Crippen molar-refractivity contribution >= 4 is 35.8 Å². The molecule has 0 saturated heterocycles. The lowest BCUT2D eigenvalue weighted by atomic mass is 10.0. The highest BCUT2D eigenvalue weighted by Gasteiger charge is 2.07. The van der Waals surface area contributed by atoms with Gasteiger partial charge in [-0.15, -0.1) is 0 Å². The molecular weight excluding hydrogens is 1080 g/mol. The van der Waals surface area contributed by atoms with Gasteiger partial charge < -0.3 is 13.4 Å². The summed E-state index contributed by atoms with van der Waals surface area (Å²) in [6, 6.07) is 10.8. The van der Waals surface area contributed by atoms with Gasteiger partial charge >= 0.3 is 0 Å². The number of furan rings is 2. The largest absolute Gasteiger partial charge is 0.469 e. The summed E-state index contributed by atoms with van der Waals surface area (Å²) >= 11 is 0. The Balaban J connectivity index is 0.000000484. The van der Waals surface area contributed by atoms with Gasteiger partial charge in [-0.1, -0.05) is 173 Å². The second-order valence-electron chi connectivity index (χ2n) is 25.1.